The first-order chi connectivity index (χ1) is 15.5. The third-order valence-electron chi connectivity index (χ3n) is 6.22. The van der Waals surface area contributed by atoms with E-state index >= 15 is 0 Å². The molecule has 1 aliphatic carbocycles. The molecule has 7 nitrogen and oxygen atoms in total. The van der Waals surface area contributed by atoms with Gasteiger partial charge in [-0.05, 0) is 74.1 Å². The van der Waals surface area contributed by atoms with Crippen molar-refractivity contribution in [2.45, 2.75) is 51.0 Å². The number of aryl methyl sites for hydroxylation is 1. The van der Waals surface area contributed by atoms with Crippen LogP contribution in [0.1, 0.15) is 49.7 Å². The van der Waals surface area contributed by atoms with Gasteiger partial charge in [-0.3, -0.25) is 20.0 Å². The Kier molecular flexibility index (Phi) is 6.73. The maximum absolute atomic E-state index is 12.9. The third-order valence-corrected chi connectivity index (χ3v) is 6.22. The molecule has 2 aliphatic rings. The number of carbonyl (C=O) groups is 2. The minimum atomic E-state index is -0.123. The Morgan fingerprint density at radius 2 is 1.50 bits per heavy atom. The van der Waals surface area contributed by atoms with E-state index in [4.69, 9.17) is 15.9 Å². The number of nitrogens with zero attached hydrogens (tertiary/aromatic N) is 2. The highest BCUT2D eigenvalue weighted by Gasteiger charge is 2.30. The average Bonchev–Trinajstić information content (AvgIpc) is 3.20. The average molecular weight is 435 g/mol. The lowest BCUT2D eigenvalue weighted by Crippen LogP contribution is -2.31. The molecule has 0 radical (unpaired) electrons. The Hall–Kier alpha value is -3.35. The van der Waals surface area contributed by atoms with Crippen molar-refractivity contribution in [1.29, 1.82) is 5.41 Å². The Morgan fingerprint density at radius 1 is 0.938 bits per heavy atom. The van der Waals surface area contributed by atoms with Crippen molar-refractivity contribution in [1.82, 2.24) is 0 Å². The summed E-state index contributed by atoms with van der Waals surface area (Å²) >= 11 is 0. The molecule has 1 aliphatic heterocycles. The van der Waals surface area contributed by atoms with E-state index in [0.29, 0.717) is 31.5 Å². The Labute approximate surface area is 188 Å². The van der Waals surface area contributed by atoms with E-state index in [1.165, 1.54) is 6.42 Å². The van der Waals surface area contributed by atoms with E-state index in [2.05, 4.69) is 0 Å². The number of urea groups is 1. The molecule has 0 aromatic heterocycles. The minimum absolute atomic E-state index is 0.00765. The smallest absolute Gasteiger partial charge is 0.329 e. The van der Waals surface area contributed by atoms with Gasteiger partial charge in [-0.15, -0.1) is 0 Å². The molecule has 4 rings (SSSR count). The molecular formula is C25H30N4O3. The second-order valence-corrected chi connectivity index (χ2v) is 8.46. The van der Waals surface area contributed by atoms with Gasteiger partial charge in [0.15, 0.2) is 0 Å². The predicted octanol–water partition coefficient (Wildman–Crippen LogP) is 4.23. The van der Waals surface area contributed by atoms with Crippen LogP contribution in [0, 0.1) is 5.41 Å². The van der Waals surface area contributed by atoms with E-state index in [1.807, 2.05) is 36.4 Å². The number of hydrogen-bond acceptors (Lipinski definition) is 4. The van der Waals surface area contributed by atoms with Crippen molar-refractivity contribution in [2.75, 3.05) is 22.9 Å². The number of amides is 2. The number of anilines is 2. The maximum Gasteiger partial charge on any atom is 0.329 e. The van der Waals surface area contributed by atoms with E-state index in [1.54, 1.807) is 21.9 Å². The number of nitrogens with one attached hydrogen (secondary N) is 1. The van der Waals surface area contributed by atoms with E-state index in [9.17, 15) is 9.59 Å². The van der Waals surface area contributed by atoms with Gasteiger partial charge in [0.25, 0.3) is 0 Å². The molecular weight excluding hydrogens is 404 g/mol. The number of nitrogens with two attached hydrogens (primary N) is 1. The van der Waals surface area contributed by atoms with Gasteiger partial charge in [0.2, 0.25) is 0 Å². The lowest BCUT2D eigenvalue weighted by molar-refractivity contribution is -0.150. The van der Waals surface area contributed by atoms with Gasteiger partial charge in [0.1, 0.15) is 11.9 Å². The number of hydrogen-bond donors (Lipinski definition) is 2. The quantitative estimate of drug-likeness (QED) is 0.387. The molecule has 168 valence electrons. The molecule has 2 aromatic rings. The summed E-state index contributed by atoms with van der Waals surface area (Å²) in [5, 5.41) is 7.49. The highest BCUT2D eigenvalue weighted by atomic mass is 16.5. The van der Waals surface area contributed by atoms with Gasteiger partial charge < -0.3 is 10.5 Å². The van der Waals surface area contributed by atoms with Gasteiger partial charge in [0.05, 0.1) is 0 Å². The van der Waals surface area contributed by atoms with Gasteiger partial charge in [-0.2, -0.15) is 0 Å². The minimum Gasteiger partial charge on any atom is -0.462 e. The van der Waals surface area contributed by atoms with Crippen LogP contribution in [0.4, 0.5) is 16.2 Å². The molecule has 0 atom stereocenters. The third kappa shape index (κ3) is 5.10. The fraction of sp³-hybridized carbons (Fsp3) is 0.400. The van der Waals surface area contributed by atoms with Gasteiger partial charge in [-0.25, -0.2) is 4.79 Å². The number of esters is 1. The largest absolute Gasteiger partial charge is 0.462 e. The molecule has 3 N–H and O–H groups in total. The summed E-state index contributed by atoms with van der Waals surface area (Å²) in [6.45, 7) is 1.19. The van der Waals surface area contributed by atoms with Crippen LogP contribution in [0.5, 0.6) is 0 Å². The fourth-order valence-electron chi connectivity index (χ4n) is 4.35. The van der Waals surface area contributed by atoms with Crippen LogP contribution in [0.3, 0.4) is 0 Å². The summed E-state index contributed by atoms with van der Waals surface area (Å²) in [5.41, 5.74) is 8.82. The zero-order chi connectivity index (χ0) is 22.5. The SMILES string of the molecule is N=C(N)c1ccc(N2CCN(c3ccc(CCC(=O)OC4CCCCC4)cc3)C2=O)cc1. The fourth-order valence-corrected chi connectivity index (χ4v) is 4.35. The van der Waals surface area contributed by atoms with Crippen molar-refractivity contribution >= 4 is 29.2 Å². The number of rotatable bonds is 7. The molecule has 1 saturated carbocycles. The van der Waals surface area contributed by atoms with Crippen molar-refractivity contribution in [3.63, 3.8) is 0 Å². The first kappa shape index (κ1) is 21.9. The molecule has 2 amide bonds. The van der Waals surface area contributed by atoms with Gasteiger partial charge in [-0.1, -0.05) is 18.6 Å². The zero-order valence-corrected chi connectivity index (χ0v) is 18.3. The molecule has 7 heteroatoms. The molecule has 0 unspecified atom stereocenters. The van der Waals surface area contributed by atoms with E-state index in [0.717, 1.165) is 42.6 Å². The van der Waals surface area contributed by atoms with Crippen molar-refractivity contribution in [3.05, 3.63) is 59.7 Å². The van der Waals surface area contributed by atoms with E-state index < -0.39 is 0 Å². The predicted molar refractivity (Wildman–Crippen MR) is 125 cm³/mol. The van der Waals surface area contributed by atoms with Crippen LogP contribution in [0.2, 0.25) is 0 Å². The lowest BCUT2D eigenvalue weighted by atomic mass is 9.98. The summed E-state index contributed by atoms with van der Waals surface area (Å²) < 4.78 is 5.59. The van der Waals surface area contributed by atoms with E-state index in [-0.39, 0.29) is 23.9 Å². The number of benzene rings is 2. The van der Waals surface area contributed by atoms with Crippen molar-refractivity contribution < 1.29 is 14.3 Å². The number of amidine groups is 1. The maximum atomic E-state index is 12.9. The molecule has 32 heavy (non-hydrogen) atoms. The lowest BCUT2D eigenvalue weighted by Gasteiger charge is -2.21. The normalized spacial score (nSPS) is 16.9. The topological polar surface area (TPSA) is 99.7 Å². The number of nitrogen functional groups attached to an aromatic ring is 1. The first-order valence-electron chi connectivity index (χ1n) is 11.3. The van der Waals surface area contributed by atoms with Crippen LogP contribution in [0.25, 0.3) is 0 Å². The van der Waals surface area contributed by atoms with Gasteiger partial charge >= 0.3 is 12.0 Å². The van der Waals surface area contributed by atoms with Crippen LogP contribution >= 0.6 is 0 Å². The molecule has 0 bridgehead atoms. The standard InChI is InChI=1S/C25H30N4O3/c26-24(27)19-9-13-21(14-10-19)29-17-16-28(25(29)31)20-11-6-18(7-12-20)8-15-23(30)32-22-4-2-1-3-5-22/h6-7,9-14,22H,1-5,8,15-17H2,(H3,26,27). The monoisotopic (exact) mass is 434 g/mol. The summed E-state index contributed by atoms with van der Waals surface area (Å²) in [6, 6.07) is 14.9. The zero-order valence-electron chi connectivity index (χ0n) is 18.3. The second kappa shape index (κ2) is 9.85. The summed E-state index contributed by atoms with van der Waals surface area (Å²) in [7, 11) is 0. The van der Waals surface area contributed by atoms with Crippen LogP contribution < -0.4 is 15.5 Å². The van der Waals surface area contributed by atoms with Crippen LogP contribution in [0.15, 0.2) is 48.5 Å². The van der Waals surface area contributed by atoms with Crippen molar-refractivity contribution in [3.8, 4) is 0 Å². The highest BCUT2D eigenvalue weighted by Crippen LogP contribution is 2.26. The second-order valence-electron chi connectivity index (χ2n) is 8.46. The molecule has 2 aromatic carbocycles. The summed E-state index contributed by atoms with van der Waals surface area (Å²) in [5.74, 6) is -0.115. The van der Waals surface area contributed by atoms with Gasteiger partial charge in [0, 0.05) is 36.4 Å². The van der Waals surface area contributed by atoms with Crippen LogP contribution in [-0.2, 0) is 16.0 Å². The summed E-state index contributed by atoms with van der Waals surface area (Å²) in [4.78, 5) is 28.5. The molecule has 1 saturated heterocycles. The highest BCUT2D eigenvalue weighted by molar-refractivity contribution is 6.06. The van der Waals surface area contributed by atoms with Crippen LogP contribution in [-0.4, -0.2) is 37.0 Å². The molecule has 2 fully saturated rings. The summed E-state index contributed by atoms with van der Waals surface area (Å²) in [6.07, 6.45) is 6.62. The Bertz CT molecular complexity index is 966. The first-order valence-corrected chi connectivity index (χ1v) is 11.3. The number of ether oxygens (including phenoxy) is 1. The van der Waals surface area contributed by atoms with Crippen molar-refractivity contribution in [2.24, 2.45) is 5.73 Å². The Morgan fingerprint density at radius 3 is 2.06 bits per heavy atom. The molecule has 0 spiro atoms. The molecule has 1 heterocycles. The Balaban J connectivity index is 1.31. The number of carbonyl (C=O) groups excluding carboxylic acids is 2.